The summed E-state index contributed by atoms with van der Waals surface area (Å²) < 4.78 is 0.426. The molecule has 1 aliphatic heterocycles. The highest BCUT2D eigenvalue weighted by atomic mass is 32.2. The summed E-state index contributed by atoms with van der Waals surface area (Å²) in [5.74, 6) is 0.573. The maximum absolute atomic E-state index is 4.51. The van der Waals surface area contributed by atoms with Gasteiger partial charge in [0.25, 0.3) is 0 Å². The number of hydrogen-bond donors (Lipinski definition) is 1. The van der Waals surface area contributed by atoms with Gasteiger partial charge >= 0.3 is 0 Å². The quantitative estimate of drug-likeness (QED) is 0.687. The standard InChI is InChI=1S/C11H12S2/c1-8-7-10(13-11(8)12)9-5-3-2-4-6-9/h2-8,11-12H,1H3. The number of allylic oxidation sites excluding steroid dienone is 1. The normalized spacial score (nSPS) is 27.4. The number of thioether (sulfide) groups is 1. The summed E-state index contributed by atoms with van der Waals surface area (Å²) in [5.41, 5.74) is 1.32. The van der Waals surface area contributed by atoms with Crippen LogP contribution in [0.3, 0.4) is 0 Å². The van der Waals surface area contributed by atoms with Crippen molar-refractivity contribution in [1.82, 2.24) is 0 Å². The van der Waals surface area contributed by atoms with Gasteiger partial charge in [-0.25, -0.2) is 0 Å². The first-order chi connectivity index (χ1) is 6.27. The van der Waals surface area contributed by atoms with E-state index < -0.39 is 0 Å². The average molecular weight is 208 g/mol. The largest absolute Gasteiger partial charge is 0.164 e. The second-order valence-corrected chi connectivity index (χ2v) is 5.35. The third kappa shape index (κ3) is 1.94. The van der Waals surface area contributed by atoms with Crippen molar-refractivity contribution in [3.05, 3.63) is 42.0 Å². The van der Waals surface area contributed by atoms with E-state index in [2.05, 4.69) is 49.9 Å². The molecular weight excluding hydrogens is 196 g/mol. The average Bonchev–Trinajstić information content (AvgIpc) is 2.49. The molecule has 2 rings (SSSR count). The Labute approximate surface area is 88.8 Å². The summed E-state index contributed by atoms with van der Waals surface area (Å²) in [6.45, 7) is 2.21. The van der Waals surface area contributed by atoms with E-state index in [0.29, 0.717) is 10.5 Å². The third-order valence-electron chi connectivity index (χ3n) is 2.17. The minimum Gasteiger partial charge on any atom is -0.164 e. The fourth-order valence-corrected chi connectivity index (χ4v) is 2.91. The Hall–Kier alpha value is -0.340. The Balaban J connectivity index is 2.25. The van der Waals surface area contributed by atoms with Crippen molar-refractivity contribution in [2.75, 3.05) is 0 Å². The van der Waals surface area contributed by atoms with Gasteiger partial charge in [0.05, 0.1) is 4.58 Å². The third-order valence-corrected chi connectivity index (χ3v) is 4.25. The molecule has 1 aromatic rings. The van der Waals surface area contributed by atoms with Gasteiger partial charge < -0.3 is 0 Å². The summed E-state index contributed by atoms with van der Waals surface area (Å²) >= 11 is 6.36. The zero-order chi connectivity index (χ0) is 9.26. The molecular formula is C11H12S2. The highest BCUT2D eigenvalue weighted by Crippen LogP contribution is 2.43. The van der Waals surface area contributed by atoms with Crippen LogP contribution in [0.25, 0.3) is 4.91 Å². The van der Waals surface area contributed by atoms with E-state index >= 15 is 0 Å². The van der Waals surface area contributed by atoms with Gasteiger partial charge in [-0.05, 0) is 11.5 Å². The van der Waals surface area contributed by atoms with Gasteiger partial charge in [0, 0.05) is 4.91 Å². The molecule has 2 heteroatoms. The molecule has 0 aromatic heterocycles. The second-order valence-electron chi connectivity index (χ2n) is 3.26. The van der Waals surface area contributed by atoms with Crippen molar-refractivity contribution in [3.63, 3.8) is 0 Å². The van der Waals surface area contributed by atoms with Crippen molar-refractivity contribution >= 4 is 29.3 Å². The maximum Gasteiger partial charge on any atom is 0.0580 e. The molecule has 68 valence electrons. The summed E-state index contributed by atoms with van der Waals surface area (Å²) in [6.07, 6.45) is 2.30. The molecule has 2 atom stereocenters. The number of thiol groups is 1. The molecule has 1 heterocycles. The minimum atomic E-state index is 0.426. The predicted molar refractivity (Wildman–Crippen MR) is 63.9 cm³/mol. The van der Waals surface area contributed by atoms with Gasteiger partial charge in [-0.1, -0.05) is 43.3 Å². The van der Waals surface area contributed by atoms with Gasteiger partial charge in [0.2, 0.25) is 0 Å². The van der Waals surface area contributed by atoms with Crippen LogP contribution in [-0.2, 0) is 0 Å². The monoisotopic (exact) mass is 208 g/mol. The lowest BCUT2D eigenvalue weighted by Crippen LogP contribution is -1.96. The van der Waals surface area contributed by atoms with Crippen LogP contribution in [0.5, 0.6) is 0 Å². The Morgan fingerprint density at radius 1 is 1.23 bits per heavy atom. The first kappa shape index (κ1) is 9.22. The lowest BCUT2D eigenvalue weighted by Gasteiger charge is -2.05. The highest BCUT2D eigenvalue weighted by Gasteiger charge is 2.21. The smallest absolute Gasteiger partial charge is 0.0580 e. The fraction of sp³-hybridized carbons (Fsp3) is 0.273. The molecule has 13 heavy (non-hydrogen) atoms. The molecule has 0 nitrogen and oxygen atoms in total. The van der Waals surface area contributed by atoms with Gasteiger partial charge in [-0.15, -0.1) is 11.8 Å². The van der Waals surface area contributed by atoms with Crippen LogP contribution in [0, 0.1) is 5.92 Å². The van der Waals surface area contributed by atoms with Crippen molar-refractivity contribution in [1.29, 1.82) is 0 Å². The van der Waals surface area contributed by atoms with E-state index in [4.69, 9.17) is 0 Å². The lowest BCUT2D eigenvalue weighted by atomic mass is 10.1. The molecule has 1 aliphatic rings. The summed E-state index contributed by atoms with van der Waals surface area (Å²) in [4.78, 5) is 1.37. The molecule has 0 saturated carbocycles. The van der Waals surface area contributed by atoms with Gasteiger partial charge in [0.1, 0.15) is 0 Å². The first-order valence-electron chi connectivity index (χ1n) is 4.39. The van der Waals surface area contributed by atoms with Gasteiger partial charge in [-0.2, -0.15) is 12.6 Å². The van der Waals surface area contributed by atoms with E-state index in [1.54, 1.807) is 0 Å². The van der Waals surface area contributed by atoms with Crippen LogP contribution in [0.1, 0.15) is 12.5 Å². The van der Waals surface area contributed by atoms with Crippen LogP contribution in [0.15, 0.2) is 36.4 Å². The van der Waals surface area contributed by atoms with Crippen molar-refractivity contribution in [3.8, 4) is 0 Å². The first-order valence-corrected chi connectivity index (χ1v) is 5.79. The number of benzene rings is 1. The number of rotatable bonds is 1. The minimum absolute atomic E-state index is 0.426. The van der Waals surface area contributed by atoms with E-state index in [-0.39, 0.29) is 0 Å². The fourth-order valence-electron chi connectivity index (χ4n) is 1.36. The summed E-state index contributed by atoms with van der Waals surface area (Å²) in [6, 6.07) is 10.5. The Morgan fingerprint density at radius 2 is 1.92 bits per heavy atom. The summed E-state index contributed by atoms with van der Waals surface area (Å²) in [5, 5.41) is 0. The molecule has 0 N–H and O–H groups in total. The Kier molecular flexibility index (Phi) is 2.70. The Bertz CT molecular complexity index is 316. The predicted octanol–water partition coefficient (Wildman–Crippen LogP) is 3.67. The van der Waals surface area contributed by atoms with E-state index in [1.807, 2.05) is 17.8 Å². The topological polar surface area (TPSA) is 0 Å². The molecule has 0 bridgehead atoms. The maximum atomic E-state index is 4.51. The van der Waals surface area contributed by atoms with Gasteiger partial charge in [-0.3, -0.25) is 0 Å². The van der Waals surface area contributed by atoms with Crippen LogP contribution in [0.2, 0.25) is 0 Å². The van der Waals surface area contributed by atoms with E-state index in [0.717, 1.165) is 0 Å². The van der Waals surface area contributed by atoms with Crippen LogP contribution >= 0.6 is 24.4 Å². The Morgan fingerprint density at radius 3 is 2.46 bits per heavy atom. The molecule has 0 amide bonds. The molecule has 0 aliphatic carbocycles. The number of hydrogen-bond acceptors (Lipinski definition) is 2. The van der Waals surface area contributed by atoms with E-state index in [9.17, 15) is 0 Å². The van der Waals surface area contributed by atoms with Crippen LogP contribution < -0.4 is 0 Å². The van der Waals surface area contributed by atoms with Crippen molar-refractivity contribution in [2.24, 2.45) is 5.92 Å². The van der Waals surface area contributed by atoms with Crippen molar-refractivity contribution < 1.29 is 0 Å². The van der Waals surface area contributed by atoms with Crippen LogP contribution in [-0.4, -0.2) is 4.58 Å². The van der Waals surface area contributed by atoms with Crippen molar-refractivity contribution in [2.45, 2.75) is 11.5 Å². The van der Waals surface area contributed by atoms with Crippen LogP contribution in [0.4, 0.5) is 0 Å². The summed E-state index contributed by atoms with van der Waals surface area (Å²) in [7, 11) is 0. The zero-order valence-electron chi connectivity index (χ0n) is 7.47. The zero-order valence-corrected chi connectivity index (χ0v) is 9.19. The second kappa shape index (κ2) is 3.81. The molecule has 2 unspecified atom stereocenters. The molecule has 0 spiro atoms. The SMILES string of the molecule is CC1C=C(c2ccccc2)SC1S. The molecule has 0 radical (unpaired) electrons. The molecule has 0 saturated heterocycles. The molecule has 0 fully saturated rings. The lowest BCUT2D eigenvalue weighted by molar-refractivity contribution is 0.830. The highest BCUT2D eigenvalue weighted by molar-refractivity contribution is 8.17. The van der Waals surface area contributed by atoms with E-state index in [1.165, 1.54) is 10.5 Å². The molecule has 1 aromatic carbocycles. The van der Waals surface area contributed by atoms with Gasteiger partial charge in [0.15, 0.2) is 0 Å².